The highest BCUT2D eigenvalue weighted by Crippen LogP contribution is 2.35. The predicted octanol–water partition coefficient (Wildman–Crippen LogP) is 1.36. The molecule has 0 spiro atoms. The summed E-state index contributed by atoms with van der Waals surface area (Å²) in [5, 5.41) is 3.02. The van der Waals surface area contributed by atoms with Crippen LogP contribution in [0.4, 0.5) is 0 Å². The van der Waals surface area contributed by atoms with Gasteiger partial charge in [-0.1, -0.05) is 19.9 Å². The Hall–Kier alpha value is -1.79. The van der Waals surface area contributed by atoms with Gasteiger partial charge < -0.3 is 25.3 Å². The lowest BCUT2D eigenvalue weighted by atomic mass is 9.83. The fourth-order valence-corrected chi connectivity index (χ4v) is 3.01. The topological polar surface area (TPSA) is 82.8 Å². The Morgan fingerprint density at radius 3 is 2.54 bits per heavy atom. The molecule has 0 saturated carbocycles. The van der Waals surface area contributed by atoms with Crippen molar-refractivity contribution in [2.75, 3.05) is 33.0 Å². The first-order valence-electron chi connectivity index (χ1n) is 8.46. The van der Waals surface area contributed by atoms with Gasteiger partial charge in [-0.2, -0.15) is 0 Å². The second-order valence-electron chi connectivity index (χ2n) is 7.19. The Morgan fingerprint density at radius 1 is 1.17 bits per heavy atom. The Labute approximate surface area is 142 Å². The molecule has 1 fully saturated rings. The lowest BCUT2D eigenvalue weighted by molar-refractivity contribution is -0.130. The van der Waals surface area contributed by atoms with Crippen LogP contribution in [0.25, 0.3) is 0 Å². The summed E-state index contributed by atoms with van der Waals surface area (Å²) < 4.78 is 16.5. The molecule has 2 aliphatic rings. The minimum atomic E-state index is -0.818. The Bertz CT molecular complexity index is 609. The average Bonchev–Trinajstić information content (AvgIpc) is 2.60. The van der Waals surface area contributed by atoms with Crippen LogP contribution in [0.2, 0.25) is 0 Å². The zero-order valence-electron chi connectivity index (χ0n) is 14.4. The van der Waals surface area contributed by atoms with Gasteiger partial charge in [0.25, 0.3) is 0 Å². The van der Waals surface area contributed by atoms with Crippen LogP contribution in [-0.4, -0.2) is 44.4 Å². The molecule has 0 radical (unpaired) electrons. The van der Waals surface area contributed by atoms with Gasteiger partial charge in [-0.3, -0.25) is 4.79 Å². The summed E-state index contributed by atoms with van der Waals surface area (Å²) in [5.74, 6) is 1.43. The number of rotatable bonds is 4. The van der Waals surface area contributed by atoms with E-state index in [1.165, 1.54) is 0 Å². The molecule has 2 aliphatic heterocycles. The van der Waals surface area contributed by atoms with Gasteiger partial charge in [0.15, 0.2) is 11.5 Å². The van der Waals surface area contributed by atoms with Crippen LogP contribution in [0.1, 0.15) is 32.3 Å². The van der Waals surface area contributed by atoms with E-state index < -0.39 is 5.54 Å². The molecule has 0 aliphatic carbocycles. The summed E-state index contributed by atoms with van der Waals surface area (Å²) in [7, 11) is 0. The Morgan fingerprint density at radius 2 is 1.83 bits per heavy atom. The van der Waals surface area contributed by atoms with E-state index in [4.69, 9.17) is 19.9 Å². The van der Waals surface area contributed by atoms with Crippen molar-refractivity contribution in [2.45, 2.75) is 37.6 Å². The molecule has 6 heteroatoms. The summed E-state index contributed by atoms with van der Waals surface area (Å²) in [5.41, 5.74) is 6.26. The lowest BCUT2D eigenvalue weighted by Crippen LogP contribution is -2.58. The number of nitrogens with two attached hydrogens (primary N) is 1. The third-order valence-electron chi connectivity index (χ3n) is 4.85. The zero-order chi connectivity index (χ0) is 17.2. The predicted molar refractivity (Wildman–Crippen MR) is 90.4 cm³/mol. The smallest absolute Gasteiger partial charge is 0.240 e. The van der Waals surface area contributed by atoms with Crippen molar-refractivity contribution in [3.63, 3.8) is 0 Å². The van der Waals surface area contributed by atoms with Gasteiger partial charge in [0, 0.05) is 25.2 Å². The summed E-state index contributed by atoms with van der Waals surface area (Å²) in [6.07, 6.45) is 1.12. The highest BCUT2D eigenvalue weighted by atomic mass is 16.6. The molecular formula is C18H26N2O4. The van der Waals surface area contributed by atoms with E-state index >= 15 is 0 Å². The SMILES string of the molecule is CC(C)(CNC(=O)C1(N)CCOCC1)c1ccc2c(c1)OCCO2. The molecule has 6 nitrogen and oxygen atoms in total. The number of carbonyl (C=O) groups is 1. The molecule has 132 valence electrons. The molecule has 3 N–H and O–H groups in total. The molecule has 1 amide bonds. The van der Waals surface area contributed by atoms with Gasteiger partial charge in [-0.25, -0.2) is 0 Å². The van der Waals surface area contributed by atoms with Crippen LogP contribution in [0.15, 0.2) is 18.2 Å². The third kappa shape index (κ3) is 3.49. The number of benzene rings is 1. The van der Waals surface area contributed by atoms with E-state index in [9.17, 15) is 4.79 Å². The number of ether oxygens (including phenoxy) is 3. The molecule has 1 aromatic carbocycles. The first-order chi connectivity index (χ1) is 11.4. The van der Waals surface area contributed by atoms with Crippen molar-refractivity contribution in [2.24, 2.45) is 5.73 Å². The van der Waals surface area contributed by atoms with E-state index in [0.29, 0.717) is 45.8 Å². The molecule has 1 saturated heterocycles. The average molecular weight is 334 g/mol. The quantitative estimate of drug-likeness (QED) is 0.869. The van der Waals surface area contributed by atoms with E-state index in [1.807, 2.05) is 18.2 Å². The highest BCUT2D eigenvalue weighted by molar-refractivity contribution is 5.86. The second kappa shape index (κ2) is 6.61. The number of carbonyl (C=O) groups excluding carboxylic acids is 1. The summed E-state index contributed by atoms with van der Waals surface area (Å²) in [6, 6.07) is 5.94. The normalized spacial score (nSPS) is 19.6. The van der Waals surface area contributed by atoms with Gasteiger partial charge in [0.2, 0.25) is 5.91 Å². The van der Waals surface area contributed by atoms with Crippen LogP contribution in [0.5, 0.6) is 11.5 Å². The van der Waals surface area contributed by atoms with Crippen LogP contribution < -0.4 is 20.5 Å². The van der Waals surface area contributed by atoms with Crippen molar-refractivity contribution in [1.29, 1.82) is 0 Å². The lowest BCUT2D eigenvalue weighted by Gasteiger charge is -2.34. The summed E-state index contributed by atoms with van der Waals surface area (Å²) >= 11 is 0. The van der Waals surface area contributed by atoms with E-state index in [0.717, 1.165) is 17.1 Å². The summed E-state index contributed by atoms with van der Waals surface area (Å²) in [4.78, 5) is 12.5. The van der Waals surface area contributed by atoms with Gasteiger partial charge in [-0.05, 0) is 30.5 Å². The maximum Gasteiger partial charge on any atom is 0.240 e. The first-order valence-corrected chi connectivity index (χ1v) is 8.46. The Kier molecular flexibility index (Phi) is 4.69. The number of fused-ring (bicyclic) bond motifs is 1. The van der Waals surface area contributed by atoms with E-state index in [1.54, 1.807) is 0 Å². The van der Waals surface area contributed by atoms with Crippen molar-refractivity contribution < 1.29 is 19.0 Å². The van der Waals surface area contributed by atoms with Crippen molar-refractivity contribution in [3.05, 3.63) is 23.8 Å². The number of nitrogens with one attached hydrogen (secondary N) is 1. The largest absolute Gasteiger partial charge is 0.486 e. The minimum absolute atomic E-state index is 0.101. The monoisotopic (exact) mass is 334 g/mol. The number of hydrogen-bond acceptors (Lipinski definition) is 5. The number of amides is 1. The Balaban J connectivity index is 1.66. The molecule has 0 unspecified atom stereocenters. The van der Waals surface area contributed by atoms with E-state index in [-0.39, 0.29) is 11.3 Å². The molecule has 0 aromatic heterocycles. The van der Waals surface area contributed by atoms with Crippen LogP contribution >= 0.6 is 0 Å². The van der Waals surface area contributed by atoms with Gasteiger partial charge >= 0.3 is 0 Å². The van der Waals surface area contributed by atoms with Crippen LogP contribution in [0.3, 0.4) is 0 Å². The fraction of sp³-hybridized carbons (Fsp3) is 0.611. The standard InChI is InChI=1S/C18H26N2O4/c1-17(2,12-20-16(21)18(19)5-7-22-8-6-18)13-3-4-14-15(11-13)24-10-9-23-14/h3-4,11H,5-10,12,19H2,1-2H3,(H,20,21). The second-order valence-corrected chi connectivity index (χ2v) is 7.19. The fourth-order valence-electron chi connectivity index (χ4n) is 3.01. The van der Waals surface area contributed by atoms with Gasteiger partial charge in [0.1, 0.15) is 13.2 Å². The molecule has 0 atom stereocenters. The van der Waals surface area contributed by atoms with Crippen LogP contribution in [-0.2, 0) is 14.9 Å². The summed E-state index contributed by atoms with van der Waals surface area (Å²) in [6.45, 7) is 6.90. The maximum atomic E-state index is 12.5. The third-order valence-corrected chi connectivity index (χ3v) is 4.85. The van der Waals surface area contributed by atoms with Crippen molar-refractivity contribution >= 4 is 5.91 Å². The van der Waals surface area contributed by atoms with Crippen LogP contribution in [0, 0.1) is 0 Å². The molecule has 2 heterocycles. The maximum absolute atomic E-state index is 12.5. The van der Waals surface area contributed by atoms with Crippen molar-refractivity contribution in [3.8, 4) is 11.5 Å². The molecule has 3 rings (SSSR count). The van der Waals surface area contributed by atoms with Gasteiger partial charge in [-0.15, -0.1) is 0 Å². The highest BCUT2D eigenvalue weighted by Gasteiger charge is 2.36. The molecule has 24 heavy (non-hydrogen) atoms. The first kappa shape index (κ1) is 17.0. The molecular weight excluding hydrogens is 308 g/mol. The van der Waals surface area contributed by atoms with Gasteiger partial charge in [0.05, 0.1) is 5.54 Å². The van der Waals surface area contributed by atoms with Crippen molar-refractivity contribution in [1.82, 2.24) is 5.32 Å². The molecule has 0 bridgehead atoms. The van der Waals surface area contributed by atoms with E-state index in [2.05, 4.69) is 19.2 Å². The number of hydrogen-bond donors (Lipinski definition) is 2. The zero-order valence-corrected chi connectivity index (χ0v) is 14.4. The molecule has 1 aromatic rings. The minimum Gasteiger partial charge on any atom is -0.486 e.